The number of hydrogen-bond donors (Lipinski definition) is 0. The molecule has 8 heteroatoms. The van der Waals surface area contributed by atoms with E-state index in [0.29, 0.717) is 16.0 Å². The molecule has 1 aliphatic heterocycles. The van der Waals surface area contributed by atoms with Gasteiger partial charge in [-0.2, -0.15) is 0 Å². The van der Waals surface area contributed by atoms with Crippen LogP contribution in [-0.4, -0.2) is 35.8 Å². The van der Waals surface area contributed by atoms with Crippen LogP contribution in [0.5, 0.6) is 5.75 Å². The van der Waals surface area contributed by atoms with E-state index in [2.05, 4.69) is 30.6 Å². The first-order chi connectivity index (χ1) is 11.1. The highest BCUT2D eigenvalue weighted by atomic mass is 79.9. The predicted molar refractivity (Wildman–Crippen MR) is 83.9 cm³/mol. The number of halogens is 2. The molecule has 1 saturated heterocycles. The van der Waals surface area contributed by atoms with E-state index in [1.165, 1.54) is 31.6 Å². The molecule has 0 spiro atoms. The van der Waals surface area contributed by atoms with Gasteiger partial charge in [-0.1, -0.05) is 0 Å². The molecule has 1 aliphatic rings. The van der Waals surface area contributed by atoms with Crippen LogP contribution in [0, 0.1) is 5.82 Å². The Morgan fingerprint density at radius 2 is 2.22 bits per heavy atom. The highest BCUT2D eigenvalue weighted by Crippen LogP contribution is 2.31. The summed E-state index contributed by atoms with van der Waals surface area (Å²) in [5, 5.41) is 0. The number of benzene rings is 1. The topological polar surface area (TPSA) is 64.5 Å². The van der Waals surface area contributed by atoms with Crippen LogP contribution in [0.1, 0.15) is 16.9 Å². The summed E-state index contributed by atoms with van der Waals surface area (Å²) in [4.78, 5) is 21.4. The molecule has 3 rings (SSSR count). The Kier molecular flexibility index (Phi) is 4.42. The van der Waals surface area contributed by atoms with Crippen LogP contribution in [0.3, 0.4) is 0 Å². The van der Waals surface area contributed by atoms with E-state index >= 15 is 0 Å². The molecule has 1 atom stereocenters. The molecule has 1 unspecified atom stereocenters. The zero-order valence-corrected chi connectivity index (χ0v) is 13.8. The number of rotatable bonds is 4. The number of ether oxygens (including phenoxy) is 2. The molecule has 2 aromatic rings. The number of nitrogens with zero attached hydrogens (tertiary/aromatic N) is 3. The first kappa shape index (κ1) is 15.7. The lowest BCUT2D eigenvalue weighted by molar-refractivity contribution is 0.0593. The maximum absolute atomic E-state index is 13.3. The second-order valence-electron chi connectivity index (χ2n) is 4.88. The summed E-state index contributed by atoms with van der Waals surface area (Å²) in [5.74, 6) is 0.112. The molecule has 6 nitrogen and oxygen atoms in total. The Bertz CT molecular complexity index is 726. The Balaban J connectivity index is 1.72. The summed E-state index contributed by atoms with van der Waals surface area (Å²) in [6.07, 6.45) is 3.37. The van der Waals surface area contributed by atoms with Crippen molar-refractivity contribution in [2.75, 3.05) is 18.6 Å². The maximum atomic E-state index is 13.3. The summed E-state index contributed by atoms with van der Waals surface area (Å²) >= 11 is 3.33. The molecule has 0 aliphatic carbocycles. The summed E-state index contributed by atoms with van der Waals surface area (Å²) < 4.78 is 24.4. The largest absolute Gasteiger partial charge is 0.469 e. The quantitative estimate of drug-likeness (QED) is 0.758. The van der Waals surface area contributed by atoms with Crippen LogP contribution in [-0.2, 0) is 4.74 Å². The van der Waals surface area contributed by atoms with Gasteiger partial charge in [0.05, 0.1) is 24.0 Å². The predicted octanol–water partition coefficient (Wildman–Crippen LogP) is 2.78. The average Bonchev–Trinajstić information content (AvgIpc) is 2.54. The van der Waals surface area contributed by atoms with Gasteiger partial charge < -0.3 is 14.4 Å². The van der Waals surface area contributed by atoms with Gasteiger partial charge in [-0.15, -0.1) is 0 Å². The highest BCUT2D eigenvalue weighted by Gasteiger charge is 2.32. The fraction of sp³-hybridized carbons (Fsp3) is 0.267. The van der Waals surface area contributed by atoms with Crippen molar-refractivity contribution in [2.45, 2.75) is 12.6 Å². The second-order valence-corrected chi connectivity index (χ2v) is 5.74. The third-order valence-corrected chi connectivity index (χ3v) is 4.10. The Morgan fingerprint density at radius 3 is 2.83 bits per heavy atom. The molecule has 1 aromatic heterocycles. The summed E-state index contributed by atoms with van der Waals surface area (Å²) in [6, 6.07) is 4.28. The second kappa shape index (κ2) is 6.49. The smallest absolute Gasteiger partial charge is 0.358 e. The van der Waals surface area contributed by atoms with E-state index in [-0.39, 0.29) is 17.7 Å². The van der Waals surface area contributed by atoms with Crippen LogP contribution in [0.15, 0.2) is 35.1 Å². The van der Waals surface area contributed by atoms with Gasteiger partial charge >= 0.3 is 5.97 Å². The normalized spacial score (nSPS) is 16.7. The van der Waals surface area contributed by atoms with E-state index in [4.69, 9.17) is 4.74 Å². The molecule has 0 N–H and O–H groups in total. The minimum Gasteiger partial charge on any atom is -0.469 e. The van der Waals surface area contributed by atoms with E-state index in [9.17, 15) is 9.18 Å². The lowest BCUT2D eigenvalue weighted by Crippen LogP contribution is -2.51. The van der Waals surface area contributed by atoms with Crippen LogP contribution in [0.25, 0.3) is 0 Å². The molecular weight excluding hydrogens is 369 g/mol. The maximum Gasteiger partial charge on any atom is 0.358 e. The first-order valence-electron chi connectivity index (χ1n) is 6.87. The standard InChI is InChI=1S/C15H13BrFN3O3/c1-22-15(21)11-7-19-13(8-18-11)20-5-4-14(20)23-12-6-9(17)2-3-10(12)16/h2-3,6-8,14H,4-5H2,1H3. The number of anilines is 1. The molecule has 23 heavy (non-hydrogen) atoms. The van der Waals surface area contributed by atoms with Crippen molar-refractivity contribution in [1.29, 1.82) is 0 Å². The monoisotopic (exact) mass is 381 g/mol. The fourth-order valence-electron chi connectivity index (χ4n) is 2.14. The van der Waals surface area contributed by atoms with Crippen molar-refractivity contribution in [1.82, 2.24) is 9.97 Å². The summed E-state index contributed by atoms with van der Waals surface area (Å²) in [6.45, 7) is 0.740. The van der Waals surface area contributed by atoms with Crippen molar-refractivity contribution in [3.8, 4) is 5.75 Å². The number of aromatic nitrogens is 2. The number of esters is 1. The Morgan fingerprint density at radius 1 is 1.39 bits per heavy atom. The van der Waals surface area contributed by atoms with Gasteiger partial charge in [0.25, 0.3) is 0 Å². The van der Waals surface area contributed by atoms with Crippen LogP contribution < -0.4 is 9.64 Å². The molecule has 1 fully saturated rings. The molecule has 0 radical (unpaired) electrons. The van der Waals surface area contributed by atoms with E-state index in [0.717, 1.165) is 13.0 Å². The van der Waals surface area contributed by atoms with Crippen LogP contribution in [0.4, 0.5) is 10.2 Å². The van der Waals surface area contributed by atoms with Crippen molar-refractivity contribution in [3.05, 3.63) is 46.6 Å². The van der Waals surface area contributed by atoms with Gasteiger partial charge in [-0.25, -0.2) is 19.2 Å². The zero-order chi connectivity index (χ0) is 16.4. The lowest BCUT2D eigenvalue weighted by Gasteiger charge is -2.41. The summed E-state index contributed by atoms with van der Waals surface area (Å²) in [5.41, 5.74) is 0.141. The van der Waals surface area contributed by atoms with Crippen molar-refractivity contribution >= 4 is 27.7 Å². The molecule has 0 bridgehead atoms. The number of carbonyl (C=O) groups excluding carboxylic acids is 1. The SMILES string of the molecule is COC(=O)c1cnc(N2CCC2Oc2cc(F)ccc2Br)cn1. The molecule has 1 aromatic carbocycles. The first-order valence-corrected chi connectivity index (χ1v) is 7.66. The number of methoxy groups -OCH3 is 1. The van der Waals surface area contributed by atoms with Gasteiger partial charge in [0.2, 0.25) is 0 Å². The van der Waals surface area contributed by atoms with E-state index < -0.39 is 5.97 Å². The molecule has 0 amide bonds. The van der Waals surface area contributed by atoms with Crippen molar-refractivity contribution < 1.29 is 18.7 Å². The van der Waals surface area contributed by atoms with Gasteiger partial charge in [0, 0.05) is 19.0 Å². The minimum absolute atomic E-state index is 0.141. The fourth-order valence-corrected chi connectivity index (χ4v) is 2.48. The lowest BCUT2D eigenvalue weighted by atomic mass is 10.2. The van der Waals surface area contributed by atoms with Gasteiger partial charge in [-0.3, -0.25) is 0 Å². The van der Waals surface area contributed by atoms with Gasteiger partial charge in [0.15, 0.2) is 11.9 Å². The zero-order valence-electron chi connectivity index (χ0n) is 12.2. The third kappa shape index (κ3) is 3.26. The van der Waals surface area contributed by atoms with E-state index in [1.807, 2.05) is 4.90 Å². The van der Waals surface area contributed by atoms with Crippen LogP contribution in [0.2, 0.25) is 0 Å². The molecule has 0 saturated carbocycles. The minimum atomic E-state index is -0.538. The van der Waals surface area contributed by atoms with Crippen molar-refractivity contribution in [2.24, 2.45) is 0 Å². The Labute approximate surface area is 140 Å². The van der Waals surface area contributed by atoms with Crippen molar-refractivity contribution in [3.63, 3.8) is 0 Å². The average molecular weight is 382 g/mol. The number of carbonyl (C=O) groups is 1. The van der Waals surface area contributed by atoms with E-state index in [1.54, 1.807) is 6.07 Å². The van der Waals surface area contributed by atoms with Gasteiger partial charge in [0.1, 0.15) is 17.4 Å². The molecule has 120 valence electrons. The molecular formula is C15H13BrFN3O3. The van der Waals surface area contributed by atoms with Gasteiger partial charge in [-0.05, 0) is 28.1 Å². The highest BCUT2D eigenvalue weighted by molar-refractivity contribution is 9.10. The number of hydrogen-bond acceptors (Lipinski definition) is 6. The Hall–Kier alpha value is -2.22. The molecule has 2 heterocycles. The summed E-state index contributed by atoms with van der Waals surface area (Å²) in [7, 11) is 1.29. The van der Waals surface area contributed by atoms with Crippen LogP contribution >= 0.6 is 15.9 Å². The third-order valence-electron chi connectivity index (χ3n) is 3.45.